The number of benzene rings is 1. The summed E-state index contributed by atoms with van der Waals surface area (Å²) in [6.07, 6.45) is 6.89. The molecule has 0 bridgehead atoms. The van der Waals surface area contributed by atoms with Gasteiger partial charge in [-0.15, -0.1) is 0 Å². The van der Waals surface area contributed by atoms with Crippen molar-refractivity contribution in [1.29, 1.82) is 0 Å². The van der Waals surface area contributed by atoms with E-state index in [0.717, 1.165) is 12.8 Å². The number of carbonyl (C=O) groups is 2. The van der Waals surface area contributed by atoms with Gasteiger partial charge in [0.2, 0.25) is 5.91 Å². The van der Waals surface area contributed by atoms with Gasteiger partial charge in [0.15, 0.2) is 0 Å². The van der Waals surface area contributed by atoms with Crippen LogP contribution in [0.1, 0.15) is 29.6 Å². The van der Waals surface area contributed by atoms with E-state index in [0.29, 0.717) is 44.1 Å². The Balaban J connectivity index is 1.52. The molecule has 25 heavy (non-hydrogen) atoms. The number of piperazine rings is 1. The maximum Gasteiger partial charge on any atom is 0.269 e. The molecular weight excluding hydrogens is 322 g/mol. The highest BCUT2D eigenvalue weighted by atomic mass is 16.6. The summed E-state index contributed by atoms with van der Waals surface area (Å²) in [4.78, 5) is 38.5. The van der Waals surface area contributed by atoms with Gasteiger partial charge in [0.1, 0.15) is 0 Å². The van der Waals surface area contributed by atoms with Crippen molar-refractivity contribution in [2.24, 2.45) is 5.92 Å². The maximum atomic E-state index is 12.5. The third-order valence-electron chi connectivity index (χ3n) is 4.79. The van der Waals surface area contributed by atoms with Crippen LogP contribution in [0.2, 0.25) is 0 Å². The molecule has 0 aromatic heterocycles. The largest absolute Gasteiger partial charge is 0.339 e. The molecule has 7 heteroatoms. The molecule has 2 aliphatic rings. The lowest BCUT2D eigenvalue weighted by atomic mass is 10.0. The molecule has 0 saturated carbocycles. The zero-order chi connectivity index (χ0) is 17.8. The van der Waals surface area contributed by atoms with Crippen molar-refractivity contribution in [1.82, 2.24) is 9.80 Å². The average Bonchev–Trinajstić information content (AvgIpc) is 3.14. The van der Waals surface area contributed by atoms with E-state index in [2.05, 4.69) is 12.2 Å². The first-order valence-electron chi connectivity index (χ1n) is 8.53. The standard InChI is InChI=1S/C18H21N3O4/c22-17(13-14-3-1-2-4-14)19-9-11-20(12-10-19)18(23)15-5-7-16(8-6-15)21(24)25/h1,3,5-8,14H,2,4,9-13H2/t14-/m0/s1. The monoisotopic (exact) mass is 343 g/mol. The van der Waals surface area contributed by atoms with Crippen molar-refractivity contribution >= 4 is 17.5 Å². The fraction of sp³-hybridized carbons (Fsp3) is 0.444. The van der Waals surface area contributed by atoms with Gasteiger partial charge in [-0.25, -0.2) is 0 Å². The number of hydrogen-bond acceptors (Lipinski definition) is 4. The molecule has 0 radical (unpaired) electrons. The van der Waals surface area contributed by atoms with E-state index >= 15 is 0 Å². The summed E-state index contributed by atoms with van der Waals surface area (Å²) in [5.41, 5.74) is 0.398. The van der Waals surface area contributed by atoms with E-state index in [-0.39, 0.29) is 17.5 Å². The van der Waals surface area contributed by atoms with Crippen LogP contribution in [0.25, 0.3) is 0 Å². The Morgan fingerprint density at radius 1 is 1.08 bits per heavy atom. The molecule has 1 heterocycles. The Bertz CT molecular complexity index is 691. The van der Waals surface area contributed by atoms with E-state index in [1.165, 1.54) is 24.3 Å². The molecule has 2 amide bonds. The van der Waals surface area contributed by atoms with Crippen molar-refractivity contribution < 1.29 is 14.5 Å². The van der Waals surface area contributed by atoms with E-state index in [1.807, 2.05) is 4.90 Å². The fourth-order valence-corrected chi connectivity index (χ4v) is 3.29. The lowest BCUT2D eigenvalue weighted by Crippen LogP contribution is -2.50. The summed E-state index contributed by atoms with van der Waals surface area (Å²) >= 11 is 0. The highest BCUT2D eigenvalue weighted by Crippen LogP contribution is 2.22. The molecule has 3 rings (SSSR count). The molecule has 1 aromatic rings. The second-order valence-electron chi connectivity index (χ2n) is 6.45. The molecule has 132 valence electrons. The normalized spacial score (nSPS) is 19.9. The molecule has 0 unspecified atom stereocenters. The van der Waals surface area contributed by atoms with Gasteiger partial charge in [0.25, 0.3) is 11.6 Å². The molecular formula is C18H21N3O4. The number of hydrogen-bond donors (Lipinski definition) is 0. The molecule has 1 aliphatic carbocycles. The molecule has 7 nitrogen and oxygen atoms in total. The second kappa shape index (κ2) is 7.46. The van der Waals surface area contributed by atoms with Gasteiger partial charge in [-0.3, -0.25) is 19.7 Å². The number of nitrogens with zero attached hydrogens (tertiary/aromatic N) is 3. The summed E-state index contributed by atoms with van der Waals surface area (Å²) in [6.45, 7) is 2.05. The van der Waals surface area contributed by atoms with E-state index < -0.39 is 4.92 Å². The van der Waals surface area contributed by atoms with Crippen LogP contribution in [0.5, 0.6) is 0 Å². The van der Waals surface area contributed by atoms with Gasteiger partial charge < -0.3 is 9.80 Å². The van der Waals surface area contributed by atoms with Crippen LogP contribution < -0.4 is 0 Å². The van der Waals surface area contributed by atoms with Gasteiger partial charge >= 0.3 is 0 Å². The zero-order valence-electron chi connectivity index (χ0n) is 14.0. The maximum absolute atomic E-state index is 12.5. The van der Waals surface area contributed by atoms with Crippen LogP contribution in [0.4, 0.5) is 5.69 Å². The minimum Gasteiger partial charge on any atom is -0.339 e. The van der Waals surface area contributed by atoms with Gasteiger partial charge in [-0.05, 0) is 30.9 Å². The van der Waals surface area contributed by atoms with Crippen LogP contribution in [0.3, 0.4) is 0 Å². The van der Waals surface area contributed by atoms with Gasteiger partial charge in [0.05, 0.1) is 4.92 Å². The van der Waals surface area contributed by atoms with Crippen molar-refractivity contribution in [2.75, 3.05) is 26.2 Å². The molecule has 1 atom stereocenters. The molecule has 1 aromatic carbocycles. The third-order valence-corrected chi connectivity index (χ3v) is 4.79. The van der Waals surface area contributed by atoms with Gasteiger partial charge in [0, 0.05) is 50.3 Å². The zero-order valence-corrected chi connectivity index (χ0v) is 14.0. The summed E-state index contributed by atoms with van der Waals surface area (Å²) in [7, 11) is 0. The summed E-state index contributed by atoms with van der Waals surface area (Å²) in [6, 6.07) is 5.62. The first kappa shape index (κ1) is 17.1. The van der Waals surface area contributed by atoms with Crippen LogP contribution in [-0.2, 0) is 4.79 Å². The van der Waals surface area contributed by atoms with E-state index in [9.17, 15) is 19.7 Å². The topological polar surface area (TPSA) is 83.8 Å². The summed E-state index contributed by atoms with van der Waals surface area (Å²) in [5.74, 6) is 0.354. The third kappa shape index (κ3) is 4.04. The van der Waals surface area contributed by atoms with Gasteiger partial charge in [-0.1, -0.05) is 12.2 Å². The Labute approximate surface area is 146 Å². The minimum atomic E-state index is -0.488. The molecule has 1 aliphatic heterocycles. The van der Waals surface area contributed by atoms with E-state index in [1.54, 1.807) is 4.90 Å². The molecule has 1 saturated heterocycles. The number of amides is 2. The van der Waals surface area contributed by atoms with Crippen molar-refractivity contribution in [2.45, 2.75) is 19.3 Å². The van der Waals surface area contributed by atoms with Crippen LogP contribution in [-0.4, -0.2) is 52.7 Å². The fourth-order valence-electron chi connectivity index (χ4n) is 3.29. The highest BCUT2D eigenvalue weighted by Gasteiger charge is 2.26. The van der Waals surface area contributed by atoms with Crippen molar-refractivity contribution in [3.05, 3.63) is 52.1 Å². The van der Waals surface area contributed by atoms with E-state index in [4.69, 9.17) is 0 Å². The predicted molar refractivity (Wildman–Crippen MR) is 92.1 cm³/mol. The summed E-state index contributed by atoms with van der Waals surface area (Å²) in [5, 5.41) is 10.7. The first-order valence-corrected chi connectivity index (χ1v) is 8.53. The number of non-ortho nitro benzene ring substituents is 1. The minimum absolute atomic E-state index is 0.0343. The average molecular weight is 343 g/mol. The Hall–Kier alpha value is -2.70. The van der Waals surface area contributed by atoms with Crippen molar-refractivity contribution in [3.8, 4) is 0 Å². The quantitative estimate of drug-likeness (QED) is 0.477. The SMILES string of the molecule is O=C(C[C@H]1C=CCC1)N1CCN(C(=O)c2ccc([N+](=O)[O-])cc2)CC1. The van der Waals surface area contributed by atoms with Gasteiger partial charge in [-0.2, -0.15) is 0 Å². The number of nitro groups is 1. The number of rotatable bonds is 4. The van der Waals surface area contributed by atoms with Crippen LogP contribution in [0.15, 0.2) is 36.4 Å². The second-order valence-corrected chi connectivity index (χ2v) is 6.45. The predicted octanol–water partition coefficient (Wildman–Crippen LogP) is 2.24. The Kier molecular flexibility index (Phi) is 5.11. The number of nitro benzene ring substituents is 1. The number of allylic oxidation sites excluding steroid dienone is 2. The first-order chi connectivity index (χ1) is 12.0. The molecule has 1 fully saturated rings. The smallest absolute Gasteiger partial charge is 0.269 e. The van der Waals surface area contributed by atoms with Crippen molar-refractivity contribution in [3.63, 3.8) is 0 Å². The lowest BCUT2D eigenvalue weighted by molar-refractivity contribution is -0.384. The highest BCUT2D eigenvalue weighted by molar-refractivity contribution is 5.94. The molecule has 0 spiro atoms. The van der Waals surface area contributed by atoms with Crippen LogP contribution in [0, 0.1) is 16.0 Å². The lowest BCUT2D eigenvalue weighted by Gasteiger charge is -2.35. The Morgan fingerprint density at radius 3 is 2.28 bits per heavy atom. The Morgan fingerprint density at radius 2 is 1.72 bits per heavy atom. The number of carbonyl (C=O) groups excluding carboxylic acids is 2. The summed E-state index contributed by atoms with van der Waals surface area (Å²) < 4.78 is 0. The molecule has 0 N–H and O–H groups in total. The van der Waals surface area contributed by atoms with Crippen LogP contribution >= 0.6 is 0 Å².